The quantitative estimate of drug-likeness (QED) is 0.782. The van der Waals surface area contributed by atoms with Crippen LogP contribution in [0, 0.1) is 0 Å². The molecule has 0 radical (unpaired) electrons. The zero-order valence-electron chi connectivity index (χ0n) is 8.61. The van der Waals surface area contributed by atoms with E-state index in [4.69, 9.17) is 10.2 Å². The van der Waals surface area contributed by atoms with Gasteiger partial charge in [0.05, 0.1) is 0 Å². The summed E-state index contributed by atoms with van der Waals surface area (Å²) in [7, 11) is 0. The predicted molar refractivity (Wildman–Crippen MR) is 54.4 cm³/mol. The van der Waals surface area contributed by atoms with Crippen molar-refractivity contribution in [1.82, 2.24) is 9.88 Å². The Balaban J connectivity index is 2.04. The zero-order chi connectivity index (χ0) is 10.7. The highest BCUT2D eigenvalue weighted by atomic mass is 16.3. The Kier molecular flexibility index (Phi) is 3.01. The van der Waals surface area contributed by atoms with Crippen molar-refractivity contribution in [3.8, 4) is 0 Å². The first kappa shape index (κ1) is 10.2. The second-order valence-corrected chi connectivity index (χ2v) is 3.66. The Morgan fingerprint density at radius 3 is 2.93 bits per heavy atom. The van der Waals surface area contributed by atoms with Crippen molar-refractivity contribution in [2.45, 2.75) is 19.3 Å². The van der Waals surface area contributed by atoms with Crippen LogP contribution < -0.4 is 5.73 Å². The van der Waals surface area contributed by atoms with Crippen LogP contribution in [0.25, 0.3) is 0 Å². The molecule has 0 unspecified atom stereocenters. The van der Waals surface area contributed by atoms with E-state index in [9.17, 15) is 4.79 Å². The van der Waals surface area contributed by atoms with Gasteiger partial charge in [-0.3, -0.25) is 4.79 Å². The molecule has 1 amide bonds. The summed E-state index contributed by atoms with van der Waals surface area (Å²) in [4.78, 5) is 17.8. The number of aromatic nitrogens is 1. The van der Waals surface area contributed by atoms with Crippen LogP contribution in [0.3, 0.4) is 0 Å². The van der Waals surface area contributed by atoms with E-state index in [1.54, 1.807) is 0 Å². The van der Waals surface area contributed by atoms with Gasteiger partial charge >= 0.3 is 0 Å². The largest absolute Gasteiger partial charge is 0.448 e. The molecule has 0 aromatic carbocycles. The molecular formula is C10H15N3O2. The Morgan fingerprint density at radius 2 is 2.27 bits per heavy atom. The first-order chi connectivity index (χ1) is 7.31. The molecule has 2 N–H and O–H groups in total. The van der Waals surface area contributed by atoms with Gasteiger partial charge in [0.15, 0.2) is 11.6 Å². The maximum Gasteiger partial charge on any atom is 0.275 e. The van der Waals surface area contributed by atoms with Gasteiger partial charge in [0, 0.05) is 26.1 Å². The van der Waals surface area contributed by atoms with E-state index >= 15 is 0 Å². The van der Waals surface area contributed by atoms with Crippen molar-refractivity contribution in [2.75, 3.05) is 19.6 Å². The molecule has 15 heavy (non-hydrogen) atoms. The minimum absolute atomic E-state index is 0.0282. The third kappa shape index (κ3) is 2.18. The summed E-state index contributed by atoms with van der Waals surface area (Å²) < 4.78 is 5.15. The first-order valence-electron chi connectivity index (χ1n) is 5.25. The summed E-state index contributed by atoms with van der Waals surface area (Å²) in [6, 6.07) is 0. The molecule has 1 saturated heterocycles. The summed E-state index contributed by atoms with van der Waals surface area (Å²) in [5.74, 6) is 0.513. The molecule has 5 nitrogen and oxygen atoms in total. The van der Waals surface area contributed by atoms with Crippen LogP contribution in [0.2, 0.25) is 0 Å². The second kappa shape index (κ2) is 4.44. The number of hydrogen-bond donors (Lipinski definition) is 1. The fourth-order valence-electron chi connectivity index (χ4n) is 1.73. The molecule has 0 atom stereocenters. The van der Waals surface area contributed by atoms with E-state index in [0.717, 1.165) is 25.9 Å². The summed E-state index contributed by atoms with van der Waals surface area (Å²) in [5.41, 5.74) is 5.78. The normalized spacial score (nSPS) is 15.9. The van der Waals surface area contributed by atoms with Gasteiger partial charge in [0.2, 0.25) is 0 Å². The fourth-order valence-corrected chi connectivity index (χ4v) is 1.73. The minimum atomic E-state index is -0.0282. The molecule has 1 fully saturated rings. The molecule has 0 aliphatic carbocycles. The highest BCUT2D eigenvalue weighted by molar-refractivity contribution is 5.92. The van der Waals surface area contributed by atoms with Crippen molar-refractivity contribution >= 4 is 5.91 Å². The standard InChI is InChI=1S/C10H15N3O2/c11-4-3-9-12-8(7-15-9)10(14)13-5-1-2-6-13/h7H,1-6,11H2. The number of nitrogens with zero attached hydrogens (tertiary/aromatic N) is 2. The van der Waals surface area contributed by atoms with Crippen LogP contribution >= 0.6 is 0 Å². The minimum Gasteiger partial charge on any atom is -0.448 e. The molecular weight excluding hydrogens is 194 g/mol. The molecule has 5 heteroatoms. The molecule has 2 heterocycles. The smallest absolute Gasteiger partial charge is 0.275 e. The molecule has 1 aromatic heterocycles. The van der Waals surface area contributed by atoms with Crippen LogP contribution in [0.4, 0.5) is 0 Å². The van der Waals surface area contributed by atoms with Crippen LogP contribution in [0.15, 0.2) is 10.7 Å². The highest BCUT2D eigenvalue weighted by Crippen LogP contribution is 2.12. The summed E-state index contributed by atoms with van der Waals surface area (Å²) in [5, 5.41) is 0. The van der Waals surface area contributed by atoms with Gasteiger partial charge in [0.1, 0.15) is 6.26 Å². The molecule has 1 aromatic rings. The van der Waals surface area contributed by atoms with E-state index in [-0.39, 0.29) is 5.91 Å². The van der Waals surface area contributed by atoms with Crippen molar-refractivity contribution in [3.05, 3.63) is 17.8 Å². The lowest BCUT2D eigenvalue weighted by Crippen LogP contribution is -2.27. The molecule has 82 valence electrons. The summed E-state index contributed by atoms with van der Waals surface area (Å²) in [6.07, 6.45) is 4.16. The van der Waals surface area contributed by atoms with Gasteiger partial charge in [-0.2, -0.15) is 0 Å². The average molecular weight is 209 g/mol. The first-order valence-corrected chi connectivity index (χ1v) is 5.25. The molecule has 0 saturated carbocycles. The number of amides is 1. The molecule has 1 aliphatic heterocycles. The van der Waals surface area contributed by atoms with Crippen molar-refractivity contribution in [1.29, 1.82) is 0 Å². The van der Waals surface area contributed by atoms with Crippen LogP contribution in [-0.4, -0.2) is 35.4 Å². The highest BCUT2D eigenvalue weighted by Gasteiger charge is 2.22. The lowest BCUT2D eigenvalue weighted by Gasteiger charge is -2.12. The van der Waals surface area contributed by atoms with Crippen LogP contribution in [0.1, 0.15) is 29.2 Å². The molecule has 0 bridgehead atoms. The fraction of sp³-hybridized carbons (Fsp3) is 0.600. The van der Waals surface area contributed by atoms with E-state index in [2.05, 4.69) is 4.98 Å². The Bertz CT molecular complexity index is 342. The van der Waals surface area contributed by atoms with Gasteiger partial charge in [-0.05, 0) is 12.8 Å². The Hall–Kier alpha value is -1.36. The number of hydrogen-bond acceptors (Lipinski definition) is 4. The van der Waals surface area contributed by atoms with E-state index in [1.807, 2.05) is 4.90 Å². The van der Waals surface area contributed by atoms with Crippen molar-refractivity contribution in [3.63, 3.8) is 0 Å². The summed E-state index contributed by atoms with van der Waals surface area (Å²) in [6.45, 7) is 2.15. The third-order valence-corrected chi connectivity index (χ3v) is 2.52. The average Bonchev–Trinajstić information content (AvgIpc) is 2.87. The lowest BCUT2D eigenvalue weighted by atomic mass is 10.4. The topological polar surface area (TPSA) is 72.4 Å². The van der Waals surface area contributed by atoms with E-state index in [0.29, 0.717) is 24.6 Å². The maximum atomic E-state index is 11.8. The van der Waals surface area contributed by atoms with E-state index < -0.39 is 0 Å². The number of oxazole rings is 1. The number of likely N-dealkylation sites (tertiary alicyclic amines) is 1. The number of carbonyl (C=O) groups is 1. The lowest BCUT2D eigenvalue weighted by molar-refractivity contribution is 0.0787. The molecule has 1 aliphatic rings. The van der Waals surface area contributed by atoms with Gasteiger partial charge in [0.25, 0.3) is 5.91 Å². The van der Waals surface area contributed by atoms with Crippen LogP contribution in [-0.2, 0) is 6.42 Å². The van der Waals surface area contributed by atoms with Crippen LogP contribution in [0.5, 0.6) is 0 Å². The Morgan fingerprint density at radius 1 is 1.53 bits per heavy atom. The number of nitrogens with two attached hydrogens (primary N) is 1. The van der Waals surface area contributed by atoms with Gasteiger partial charge in [-0.1, -0.05) is 0 Å². The van der Waals surface area contributed by atoms with Gasteiger partial charge in [-0.15, -0.1) is 0 Å². The summed E-state index contributed by atoms with van der Waals surface area (Å²) >= 11 is 0. The number of rotatable bonds is 3. The zero-order valence-corrected chi connectivity index (χ0v) is 8.61. The predicted octanol–water partition coefficient (Wildman–Crippen LogP) is 0.412. The Labute approximate surface area is 88.3 Å². The van der Waals surface area contributed by atoms with E-state index in [1.165, 1.54) is 6.26 Å². The molecule has 0 spiro atoms. The monoisotopic (exact) mass is 209 g/mol. The third-order valence-electron chi connectivity index (χ3n) is 2.52. The number of carbonyl (C=O) groups excluding carboxylic acids is 1. The van der Waals surface area contributed by atoms with Crippen molar-refractivity contribution < 1.29 is 9.21 Å². The molecule has 2 rings (SSSR count). The maximum absolute atomic E-state index is 11.8. The van der Waals surface area contributed by atoms with Crippen molar-refractivity contribution in [2.24, 2.45) is 5.73 Å². The SMILES string of the molecule is NCCc1nc(C(=O)N2CCCC2)co1. The van der Waals surface area contributed by atoms with Gasteiger partial charge in [-0.25, -0.2) is 4.98 Å². The van der Waals surface area contributed by atoms with Gasteiger partial charge < -0.3 is 15.1 Å². The second-order valence-electron chi connectivity index (χ2n) is 3.66.